The molecule has 0 saturated carbocycles. The summed E-state index contributed by atoms with van der Waals surface area (Å²) in [7, 11) is 1.63. The second kappa shape index (κ2) is 30.5. The first-order chi connectivity index (χ1) is 20.5. The fraction of sp³-hybridized carbons (Fsp3) is 0.583. The Hall–Kier alpha value is -2.98. The molecule has 1 unspecified atom stereocenters. The molecule has 244 valence electrons. The fourth-order valence-corrected chi connectivity index (χ4v) is 3.93. The first-order valence-electron chi connectivity index (χ1n) is 15.7. The van der Waals surface area contributed by atoms with Gasteiger partial charge in [-0.15, -0.1) is 30.7 Å². The molecule has 1 heterocycles. The summed E-state index contributed by atoms with van der Waals surface area (Å²) in [5, 5.41) is 11.2. The van der Waals surface area contributed by atoms with Gasteiger partial charge >= 0.3 is 5.97 Å². The van der Waals surface area contributed by atoms with Crippen molar-refractivity contribution >= 4 is 29.7 Å². The molecule has 0 aliphatic heterocycles. The van der Waals surface area contributed by atoms with Crippen LogP contribution in [0.25, 0.3) is 6.08 Å². The van der Waals surface area contributed by atoms with E-state index in [0.717, 1.165) is 31.1 Å². The van der Waals surface area contributed by atoms with Gasteiger partial charge in [-0.1, -0.05) is 90.3 Å². The molecule has 1 amide bonds. The van der Waals surface area contributed by atoms with Crippen LogP contribution in [-0.4, -0.2) is 44.1 Å². The Morgan fingerprint density at radius 3 is 2.37 bits per heavy atom. The Morgan fingerprint density at radius 1 is 1.21 bits per heavy atom. The van der Waals surface area contributed by atoms with Gasteiger partial charge in [-0.25, -0.2) is 4.98 Å². The average molecular weight is 616 g/mol. The molecular weight excluding hydrogens is 554 g/mol. The van der Waals surface area contributed by atoms with E-state index in [1.54, 1.807) is 33.9 Å². The van der Waals surface area contributed by atoms with Crippen molar-refractivity contribution in [2.75, 3.05) is 12.8 Å². The molecule has 0 radical (unpaired) electrons. The quantitative estimate of drug-likeness (QED) is 0.139. The number of aryl methyl sites for hydroxylation is 1. The molecule has 2 N–H and O–H groups in total. The minimum Gasteiger partial charge on any atom is -0.480 e. The summed E-state index contributed by atoms with van der Waals surface area (Å²) in [6.45, 7) is 20.0. The molecule has 43 heavy (non-hydrogen) atoms. The van der Waals surface area contributed by atoms with Gasteiger partial charge in [-0.3, -0.25) is 9.59 Å². The monoisotopic (exact) mass is 615 g/mol. The van der Waals surface area contributed by atoms with E-state index < -0.39 is 10.7 Å². The number of carboxylic acid groups (broad SMARTS) is 1. The number of unbranched alkanes of at least 4 members (excludes halogenated alkanes) is 3. The Balaban J connectivity index is -0.000000561. The molecular formula is C36H61N3O3S. The largest absolute Gasteiger partial charge is 0.480 e. The second-order valence-electron chi connectivity index (χ2n) is 10.0. The molecule has 0 spiro atoms. The maximum absolute atomic E-state index is 11.6. The third kappa shape index (κ3) is 25.3. The van der Waals surface area contributed by atoms with Gasteiger partial charge in [0.2, 0.25) is 0 Å². The predicted octanol–water partition coefficient (Wildman–Crippen LogP) is 9.60. The maximum atomic E-state index is 11.6. The van der Waals surface area contributed by atoms with Crippen LogP contribution < -0.4 is 5.32 Å². The lowest BCUT2D eigenvalue weighted by atomic mass is 10.0. The number of hydrogen-bond donors (Lipinski definition) is 2. The van der Waals surface area contributed by atoms with Gasteiger partial charge < -0.3 is 15.0 Å². The van der Waals surface area contributed by atoms with Crippen LogP contribution in [0.2, 0.25) is 0 Å². The maximum Gasteiger partial charge on any atom is 0.319 e. The Morgan fingerprint density at radius 2 is 1.84 bits per heavy atom. The number of aromatic nitrogens is 2. The SMILES string of the molecule is C#CC.C=CCSC(C)(C)C(=O)O.CC.CC/C=C/c1nc(C(=O)NC)cn1CCCCCC.CC1/C=C\CC/C=C\C1. The van der Waals surface area contributed by atoms with Crippen LogP contribution in [0.5, 0.6) is 0 Å². The van der Waals surface area contributed by atoms with Gasteiger partial charge in [0.05, 0.1) is 0 Å². The third-order valence-electron chi connectivity index (χ3n) is 5.74. The highest BCUT2D eigenvalue weighted by molar-refractivity contribution is 8.01. The first-order valence-corrected chi connectivity index (χ1v) is 16.7. The van der Waals surface area contributed by atoms with Gasteiger partial charge in [-0.05, 0) is 64.9 Å². The minimum atomic E-state index is -0.778. The van der Waals surface area contributed by atoms with Crippen LogP contribution in [0.1, 0.15) is 123 Å². The summed E-state index contributed by atoms with van der Waals surface area (Å²) in [6.07, 6.45) is 30.9. The minimum absolute atomic E-state index is 0.126. The molecule has 1 aromatic rings. The van der Waals surface area contributed by atoms with Crippen molar-refractivity contribution in [3.8, 4) is 12.3 Å². The van der Waals surface area contributed by atoms with Crippen molar-refractivity contribution in [2.24, 2.45) is 5.92 Å². The Kier molecular flexibility index (Phi) is 31.5. The van der Waals surface area contributed by atoms with Gasteiger partial charge in [0.1, 0.15) is 16.3 Å². The summed E-state index contributed by atoms with van der Waals surface area (Å²) in [5.41, 5.74) is 0.494. The van der Waals surface area contributed by atoms with E-state index in [0.29, 0.717) is 11.4 Å². The number of carboxylic acids is 1. The van der Waals surface area contributed by atoms with Gasteiger partial charge in [0.15, 0.2) is 0 Å². The lowest BCUT2D eigenvalue weighted by Crippen LogP contribution is -2.27. The number of aliphatic carboxylic acids is 1. The second-order valence-corrected chi connectivity index (χ2v) is 11.7. The van der Waals surface area contributed by atoms with Crippen molar-refractivity contribution < 1.29 is 14.7 Å². The third-order valence-corrected chi connectivity index (χ3v) is 7.04. The molecule has 0 aromatic carbocycles. The van der Waals surface area contributed by atoms with E-state index in [1.807, 2.05) is 26.1 Å². The van der Waals surface area contributed by atoms with Crippen LogP contribution in [0, 0.1) is 18.3 Å². The molecule has 1 aliphatic rings. The lowest BCUT2D eigenvalue weighted by Gasteiger charge is -2.16. The number of nitrogens with zero attached hydrogens (tertiary/aromatic N) is 2. The van der Waals surface area contributed by atoms with Crippen LogP contribution in [0.15, 0.2) is 49.2 Å². The van der Waals surface area contributed by atoms with E-state index in [-0.39, 0.29) is 5.91 Å². The summed E-state index contributed by atoms with van der Waals surface area (Å²) in [4.78, 5) is 26.5. The van der Waals surface area contributed by atoms with Crippen molar-refractivity contribution in [1.29, 1.82) is 0 Å². The van der Waals surface area contributed by atoms with Crippen molar-refractivity contribution in [3.63, 3.8) is 0 Å². The summed E-state index contributed by atoms with van der Waals surface area (Å²) in [5.74, 6) is 3.65. The van der Waals surface area contributed by atoms with E-state index in [1.165, 1.54) is 50.3 Å². The smallest absolute Gasteiger partial charge is 0.319 e. The van der Waals surface area contributed by atoms with Crippen molar-refractivity contribution in [2.45, 2.75) is 118 Å². The van der Waals surface area contributed by atoms with E-state index in [9.17, 15) is 9.59 Å². The number of terminal acetylenes is 1. The summed E-state index contributed by atoms with van der Waals surface area (Å²) < 4.78 is 1.39. The number of rotatable bonds is 12. The van der Waals surface area contributed by atoms with Gasteiger partial charge in [0.25, 0.3) is 5.91 Å². The molecule has 0 fully saturated rings. The highest BCUT2D eigenvalue weighted by Crippen LogP contribution is 2.24. The summed E-state index contributed by atoms with van der Waals surface area (Å²) >= 11 is 1.37. The standard InChI is InChI=1S/C15H25N3O.C9H14.C7H12O2S.C3H4.C2H6/c1-4-6-8-9-11-18-12-13(15(19)16-3)17-14(18)10-7-5-2;1-9-7-5-3-2-4-6-8-9;1-4-5-10-7(2,3)6(8)9;1-3-2;1-2/h7,10,12H,4-6,8-9,11H2,1-3H3,(H,16,19);3,5-6,8-9H,2,4,7H2,1H3;4H,1,5H2,2-3H3,(H,8,9);1H,2H3;1-2H3/b10-7+;5-3-,8-6-;;;. The van der Waals surface area contributed by atoms with E-state index >= 15 is 0 Å². The van der Waals surface area contributed by atoms with Crippen molar-refractivity contribution in [3.05, 3.63) is 60.8 Å². The van der Waals surface area contributed by atoms with Crippen LogP contribution in [0.3, 0.4) is 0 Å². The fourth-order valence-electron chi connectivity index (χ4n) is 3.27. The topological polar surface area (TPSA) is 84.2 Å². The zero-order valence-corrected chi connectivity index (χ0v) is 29.4. The average Bonchev–Trinajstić information content (AvgIpc) is 3.39. The zero-order valence-electron chi connectivity index (χ0n) is 28.6. The highest BCUT2D eigenvalue weighted by Gasteiger charge is 2.26. The molecule has 6 nitrogen and oxygen atoms in total. The van der Waals surface area contributed by atoms with Crippen LogP contribution >= 0.6 is 11.8 Å². The number of imidazole rings is 1. The van der Waals surface area contributed by atoms with Crippen LogP contribution in [-0.2, 0) is 11.3 Å². The number of carbonyl (C=O) groups excluding carboxylic acids is 1. The van der Waals surface area contributed by atoms with Crippen LogP contribution in [0.4, 0.5) is 0 Å². The first kappa shape index (κ1) is 44.5. The zero-order chi connectivity index (χ0) is 33.5. The molecule has 1 atom stereocenters. The van der Waals surface area contributed by atoms with E-state index in [4.69, 9.17) is 5.11 Å². The van der Waals surface area contributed by atoms with E-state index in [2.05, 4.69) is 84.9 Å². The molecule has 7 heteroatoms. The number of nitrogens with one attached hydrogen (secondary N) is 1. The number of allylic oxidation sites excluding steroid dienone is 5. The number of hydrogen-bond acceptors (Lipinski definition) is 4. The molecule has 0 saturated heterocycles. The number of amides is 1. The molecule has 0 bridgehead atoms. The molecule has 2 rings (SSSR count). The van der Waals surface area contributed by atoms with Gasteiger partial charge in [0, 0.05) is 25.5 Å². The summed E-state index contributed by atoms with van der Waals surface area (Å²) in [6, 6.07) is 0. The predicted molar refractivity (Wildman–Crippen MR) is 191 cm³/mol. The Labute approximate surface area is 268 Å². The van der Waals surface area contributed by atoms with Gasteiger partial charge in [-0.2, -0.15) is 0 Å². The highest BCUT2D eigenvalue weighted by atomic mass is 32.2. The Bertz CT molecular complexity index is 984. The molecule has 1 aliphatic carbocycles. The number of thioether (sulfide) groups is 1. The normalized spacial score (nSPS) is 15.0. The lowest BCUT2D eigenvalue weighted by molar-refractivity contribution is -0.138. The number of carbonyl (C=O) groups is 2. The molecule has 1 aromatic heterocycles. The van der Waals surface area contributed by atoms with Crippen molar-refractivity contribution in [1.82, 2.24) is 14.9 Å².